The molecule has 0 aliphatic carbocycles. The summed E-state index contributed by atoms with van der Waals surface area (Å²) in [5.41, 5.74) is 0. The largest absolute Gasteiger partial charge is 0.375 e. The Morgan fingerprint density at radius 1 is 1.21 bits per heavy atom. The summed E-state index contributed by atoms with van der Waals surface area (Å²) in [5, 5.41) is 0. The number of hydrogen-bond acceptors (Lipinski definition) is 2. The smallest absolute Gasteiger partial charge is 0.0605 e. The lowest BCUT2D eigenvalue weighted by molar-refractivity contribution is -0.0472. The lowest BCUT2D eigenvalue weighted by Gasteiger charge is -2.40. The first-order chi connectivity index (χ1) is 6.50. The predicted octanol–water partition coefficient (Wildman–Crippen LogP) is 2.67. The summed E-state index contributed by atoms with van der Waals surface area (Å²) < 4.78 is 5.86. The van der Waals surface area contributed by atoms with Crippen LogP contribution in [0.25, 0.3) is 0 Å². The molecule has 0 aromatic rings. The van der Waals surface area contributed by atoms with E-state index in [0.717, 1.165) is 0 Å². The van der Waals surface area contributed by atoms with Crippen LogP contribution in [0.4, 0.5) is 0 Å². The van der Waals surface area contributed by atoms with Gasteiger partial charge >= 0.3 is 0 Å². The molecule has 1 fully saturated rings. The van der Waals surface area contributed by atoms with E-state index in [1.807, 2.05) is 0 Å². The fraction of sp³-hybridized carbons (Fsp3) is 1.00. The number of piperidine rings is 1. The number of hydrogen-bond donors (Lipinski definition) is 0. The molecule has 2 heteroatoms. The second kappa shape index (κ2) is 5.13. The molecule has 84 valence electrons. The van der Waals surface area contributed by atoms with Crippen molar-refractivity contribution < 1.29 is 4.74 Å². The van der Waals surface area contributed by atoms with Gasteiger partial charge in [0.05, 0.1) is 12.2 Å². The summed E-state index contributed by atoms with van der Waals surface area (Å²) >= 11 is 0. The van der Waals surface area contributed by atoms with Crippen molar-refractivity contribution in [2.24, 2.45) is 0 Å². The molecular weight excluding hydrogens is 174 g/mol. The van der Waals surface area contributed by atoms with Crippen LogP contribution in [0, 0.1) is 0 Å². The van der Waals surface area contributed by atoms with Crippen molar-refractivity contribution in [3.63, 3.8) is 0 Å². The summed E-state index contributed by atoms with van der Waals surface area (Å²) in [6.07, 6.45) is 3.25. The minimum atomic E-state index is 0.373. The van der Waals surface area contributed by atoms with Crippen LogP contribution in [0.5, 0.6) is 0 Å². The fourth-order valence-electron chi connectivity index (χ4n) is 2.42. The van der Waals surface area contributed by atoms with E-state index in [2.05, 4.69) is 39.5 Å². The molecule has 0 spiro atoms. The van der Waals surface area contributed by atoms with E-state index in [9.17, 15) is 0 Å². The van der Waals surface area contributed by atoms with Crippen molar-refractivity contribution in [2.75, 3.05) is 6.54 Å². The van der Waals surface area contributed by atoms with Crippen molar-refractivity contribution in [1.82, 2.24) is 4.90 Å². The average Bonchev–Trinajstić information content (AvgIpc) is 2.01. The van der Waals surface area contributed by atoms with Gasteiger partial charge in [-0.2, -0.15) is 0 Å². The molecule has 1 heterocycles. The van der Waals surface area contributed by atoms with Gasteiger partial charge in [0.25, 0.3) is 0 Å². The van der Waals surface area contributed by atoms with Crippen LogP contribution in [-0.2, 0) is 4.74 Å². The molecule has 2 nitrogen and oxygen atoms in total. The van der Waals surface area contributed by atoms with E-state index < -0.39 is 0 Å². The highest BCUT2D eigenvalue weighted by Crippen LogP contribution is 2.22. The molecule has 1 aliphatic rings. The number of ether oxygens (including phenoxy) is 1. The van der Waals surface area contributed by atoms with Gasteiger partial charge in [-0.05, 0) is 47.5 Å². The molecule has 2 atom stereocenters. The molecule has 0 bridgehead atoms. The van der Waals surface area contributed by atoms with Crippen LogP contribution in [0.3, 0.4) is 0 Å². The minimum Gasteiger partial charge on any atom is -0.375 e. The third-order valence-electron chi connectivity index (χ3n) is 3.01. The Balaban J connectivity index is 2.39. The standard InChI is InChI=1S/C12H25NO/c1-9(2)13-7-6-12(8-11(13)5)14-10(3)4/h9-12H,6-8H2,1-5H3/t11-,12+/m0/s1. The van der Waals surface area contributed by atoms with Gasteiger partial charge < -0.3 is 4.74 Å². The topological polar surface area (TPSA) is 12.5 Å². The number of likely N-dealkylation sites (tertiary alicyclic amines) is 1. The zero-order valence-electron chi connectivity index (χ0n) is 10.3. The SMILES string of the molecule is CC(C)O[C@@H]1CCN(C(C)C)[C@@H](C)C1. The van der Waals surface area contributed by atoms with E-state index in [4.69, 9.17) is 4.74 Å². The fourth-order valence-corrected chi connectivity index (χ4v) is 2.42. The Morgan fingerprint density at radius 2 is 1.86 bits per heavy atom. The Labute approximate surface area is 88.6 Å². The first kappa shape index (κ1) is 12.0. The van der Waals surface area contributed by atoms with E-state index in [1.165, 1.54) is 19.4 Å². The predicted molar refractivity (Wildman–Crippen MR) is 60.5 cm³/mol. The third kappa shape index (κ3) is 3.25. The van der Waals surface area contributed by atoms with Gasteiger partial charge in [0.15, 0.2) is 0 Å². The van der Waals surface area contributed by atoms with Crippen LogP contribution in [0.1, 0.15) is 47.5 Å². The summed E-state index contributed by atoms with van der Waals surface area (Å²) in [6.45, 7) is 12.3. The lowest BCUT2D eigenvalue weighted by atomic mass is 9.99. The van der Waals surface area contributed by atoms with Gasteiger partial charge in [0, 0.05) is 18.6 Å². The van der Waals surface area contributed by atoms with Crippen LogP contribution in [0.15, 0.2) is 0 Å². The highest BCUT2D eigenvalue weighted by atomic mass is 16.5. The molecule has 0 radical (unpaired) electrons. The summed E-state index contributed by atoms with van der Waals surface area (Å²) in [4.78, 5) is 2.57. The average molecular weight is 199 g/mol. The maximum atomic E-state index is 5.86. The second-order valence-electron chi connectivity index (χ2n) is 5.01. The molecule has 1 saturated heterocycles. The molecule has 0 unspecified atom stereocenters. The Morgan fingerprint density at radius 3 is 2.29 bits per heavy atom. The minimum absolute atomic E-state index is 0.373. The monoisotopic (exact) mass is 199 g/mol. The van der Waals surface area contributed by atoms with Gasteiger partial charge in [0.2, 0.25) is 0 Å². The summed E-state index contributed by atoms with van der Waals surface area (Å²) in [5.74, 6) is 0. The van der Waals surface area contributed by atoms with Gasteiger partial charge in [-0.3, -0.25) is 4.90 Å². The van der Waals surface area contributed by atoms with Crippen molar-refractivity contribution in [3.8, 4) is 0 Å². The van der Waals surface area contributed by atoms with Gasteiger partial charge in [-0.1, -0.05) is 0 Å². The van der Waals surface area contributed by atoms with Crippen molar-refractivity contribution >= 4 is 0 Å². The van der Waals surface area contributed by atoms with E-state index in [1.54, 1.807) is 0 Å². The van der Waals surface area contributed by atoms with Crippen LogP contribution < -0.4 is 0 Å². The van der Waals surface area contributed by atoms with E-state index in [-0.39, 0.29) is 0 Å². The molecule has 0 aromatic heterocycles. The van der Waals surface area contributed by atoms with E-state index in [0.29, 0.717) is 24.3 Å². The maximum Gasteiger partial charge on any atom is 0.0605 e. The second-order valence-corrected chi connectivity index (χ2v) is 5.01. The quantitative estimate of drug-likeness (QED) is 0.693. The molecule has 0 saturated carbocycles. The first-order valence-electron chi connectivity index (χ1n) is 5.92. The molecule has 0 amide bonds. The van der Waals surface area contributed by atoms with Crippen molar-refractivity contribution in [2.45, 2.75) is 71.8 Å². The van der Waals surface area contributed by atoms with Gasteiger partial charge in [-0.15, -0.1) is 0 Å². The van der Waals surface area contributed by atoms with Crippen LogP contribution >= 0.6 is 0 Å². The molecule has 1 aliphatic heterocycles. The summed E-state index contributed by atoms with van der Waals surface area (Å²) in [6, 6.07) is 1.34. The highest BCUT2D eigenvalue weighted by molar-refractivity contribution is 4.81. The molecule has 14 heavy (non-hydrogen) atoms. The summed E-state index contributed by atoms with van der Waals surface area (Å²) in [7, 11) is 0. The molecular formula is C12H25NO. The lowest BCUT2D eigenvalue weighted by Crippen LogP contribution is -2.47. The normalized spacial score (nSPS) is 30.2. The highest BCUT2D eigenvalue weighted by Gasteiger charge is 2.27. The molecule has 0 N–H and O–H groups in total. The van der Waals surface area contributed by atoms with Crippen molar-refractivity contribution in [1.29, 1.82) is 0 Å². The van der Waals surface area contributed by atoms with Crippen LogP contribution in [0.2, 0.25) is 0 Å². The van der Waals surface area contributed by atoms with Gasteiger partial charge in [-0.25, -0.2) is 0 Å². The van der Waals surface area contributed by atoms with Crippen molar-refractivity contribution in [3.05, 3.63) is 0 Å². The Hall–Kier alpha value is -0.0800. The Bertz CT molecular complexity index is 168. The number of rotatable bonds is 3. The zero-order chi connectivity index (χ0) is 10.7. The van der Waals surface area contributed by atoms with E-state index >= 15 is 0 Å². The van der Waals surface area contributed by atoms with Gasteiger partial charge in [0.1, 0.15) is 0 Å². The maximum absolute atomic E-state index is 5.86. The van der Waals surface area contributed by atoms with Crippen LogP contribution in [-0.4, -0.2) is 35.7 Å². The number of nitrogens with zero attached hydrogens (tertiary/aromatic N) is 1. The molecule has 0 aromatic carbocycles. The zero-order valence-corrected chi connectivity index (χ0v) is 10.3. The third-order valence-corrected chi connectivity index (χ3v) is 3.01. The molecule has 1 rings (SSSR count). The Kier molecular flexibility index (Phi) is 4.39. The first-order valence-corrected chi connectivity index (χ1v) is 5.92.